The zero-order chi connectivity index (χ0) is 10.6. The van der Waals surface area contributed by atoms with E-state index in [1.807, 2.05) is 6.92 Å². The molecule has 3 nitrogen and oxygen atoms in total. The molecule has 1 rings (SSSR count). The molecule has 0 amide bonds. The van der Waals surface area contributed by atoms with Crippen molar-refractivity contribution in [2.75, 3.05) is 11.9 Å². The zero-order valence-corrected chi connectivity index (χ0v) is 7.60. The van der Waals surface area contributed by atoms with Gasteiger partial charge in [-0.15, -0.1) is 0 Å². The molecule has 14 heavy (non-hydrogen) atoms. The van der Waals surface area contributed by atoms with Crippen molar-refractivity contribution < 1.29 is 13.2 Å². The average molecular weight is 205 g/mol. The molecule has 0 fully saturated rings. The van der Waals surface area contributed by atoms with Crippen LogP contribution in [-0.2, 0) is 6.42 Å². The third-order valence-electron chi connectivity index (χ3n) is 1.56. The van der Waals surface area contributed by atoms with Gasteiger partial charge in [0.15, 0.2) is 0 Å². The Bertz CT molecular complexity index is 298. The van der Waals surface area contributed by atoms with Crippen LogP contribution in [0.15, 0.2) is 12.4 Å². The summed E-state index contributed by atoms with van der Waals surface area (Å²) in [4.78, 5) is 7.54. The van der Waals surface area contributed by atoms with Gasteiger partial charge in [0.1, 0.15) is 18.7 Å². The normalized spacial score (nSPS) is 11.4. The first-order valence-corrected chi connectivity index (χ1v) is 4.13. The second-order valence-electron chi connectivity index (χ2n) is 2.72. The predicted molar refractivity (Wildman–Crippen MR) is 46.0 cm³/mol. The SMILES string of the molecule is CCc1cc(NCC(F)(F)F)ncn1. The molecule has 0 aliphatic heterocycles. The lowest BCUT2D eigenvalue weighted by molar-refractivity contribution is -0.115. The fraction of sp³-hybridized carbons (Fsp3) is 0.500. The summed E-state index contributed by atoms with van der Waals surface area (Å²) in [6, 6.07) is 1.51. The lowest BCUT2D eigenvalue weighted by atomic mass is 10.3. The number of nitrogens with one attached hydrogen (secondary N) is 1. The van der Waals surface area contributed by atoms with Crippen LogP contribution in [-0.4, -0.2) is 22.7 Å². The van der Waals surface area contributed by atoms with Crippen LogP contribution in [0.2, 0.25) is 0 Å². The predicted octanol–water partition coefficient (Wildman–Crippen LogP) is 2.01. The number of nitrogens with zero attached hydrogens (tertiary/aromatic N) is 2. The van der Waals surface area contributed by atoms with Gasteiger partial charge in [0.2, 0.25) is 0 Å². The van der Waals surface area contributed by atoms with Gasteiger partial charge in [0.05, 0.1) is 0 Å². The molecule has 1 aromatic rings. The molecule has 0 spiro atoms. The molecule has 1 N–H and O–H groups in total. The van der Waals surface area contributed by atoms with E-state index in [4.69, 9.17) is 0 Å². The van der Waals surface area contributed by atoms with Gasteiger partial charge < -0.3 is 5.32 Å². The topological polar surface area (TPSA) is 37.8 Å². The molecule has 6 heteroatoms. The molecule has 78 valence electrons. The molecular weight excluding hydrogens is 195 g/mol. The zero-order valence-electron chi connectivity index (χ0n) is 7.60. The average Bonchev–Trinajstić information content (AvgIpc) is 2.14. The first kappa shape index (κ1) is 10.7. The van der Waals surface area contributed by atoms with Gasteiger partial charge in [-0.05, 0) is 6.42 Å². The lowest BCUT2D eigenvalue weighted by Crippen LogP contribution is -2.21. The molecule has 0 atom stereocenters. The van der Waals surface area contributed by atoms with Gasteiger partial charge >= 0.3 is 6.18 Å². The highest BCUT2D eigenvalue weighted by Crippen LogP contribution is 2.15. The van der Waals surface area contributed by atoms with Crippen LogP contribution in [0, 0.1) is 0 Å². The van der Waals surface area contributed by atoms with E-state index in [1.165, 1.54) is 12.4 Å². The van der Waals surface area contributed by atoms with Crippen LogP contribution < -0.4 is 5.32 Å². The Morgan fingerprint density at radius 2 is 2.07 bits per heavy atom. The Morgan fingerprint density at radius 1 is 1.36 bits per heavy atom. The molecule has 1 heterocycles. The highest BCUT2D eigenvalue weighted by molar-refractivity contribution is 5.34. The van der Waals surface area contributed by atoms with Crippen LogP contribution in [0.5, 0.6) is 0 Å². The third-order valence-corrected chi connectivity index (χ3v) is 1.56. The summed E-state index contributed by atoms with van der Waals surface area (Å²) < 4.78 is 35.5. The Hall–Kier alpha value is -1.33. The maximum atomic E-state index is 11.8. The number of hydrogen-bond acceptors (Lipinski definition) is 3. The maximum absolute atomic E-state index is 11.8. The molecule has 0 aliphatic rings. The highest BCUT2D eigenvalue weighted by Gasteiger charge is 2.26. The van der Waals surface area contributed by atoms with Crippen molar-refractivity contribution in [1.82, 2.24) is 9.97 Å². The van der Waals surface area contributed by atoms with Gasteiger partial charge in [-0.2, -0.15) is 13.2 Å². The van der Waals surface area contributed by atoms with Crippen LogP contribution in [0.25, 0.3) is 0 Å². The van der Waals surface area contributed by atoms with E-state index in [0.29, 0.717) is 12.1 Å². The number of aromatic nitrogens is 2. The van der Waals surface area contributed by atoms with Crippen molar-refractivity contribution in [2.24, 2.45) is 0 Å². The van der Waals surface area contributed by atoms with Gasteiger partial charge in [0.25, 0.3) is 0 Å². The van der Waals surface area contributed by atoms with E-state index in [-0.39, 0.29) is 5.82 Å². The van der Waals surface area contributed by atoms with Crippen LogP contribution in [0.1, 0.15) is 12.6 Å². The fourth-order valence-electron chi connectivity index (χ4n) is 0.878. The van der Waals surface area contributed by atoms with Gasteiger partial charge in [-0.25, -0.2) is 9.97 Å². The smallest absolute Gasteiger partial charge is 0.361 e. The molecule has 0 aromatic carbocycles. The highest BCUT2D eigenvalue weighted by atomic mass is 19.4. The van der Waals surface area contributed by atoms with E-state index >= 15 is 0 Å². The molecular formula is C8H10F3N3. The monoisotopic (exact) mass is 205 g/mol. The Balaban J connectivity index is 2.59. The van der Waals surface area contributed by atoms with Crippen LogP contribution in [0.4, 0.5) is 19.0 Å². The summed E-state index contributed by atoms with van der Waals surface area (Å²) in [6.45, 7) is 0.795. The van der Waals surface area contributed by atoms with Crippen molar-refractivity contribution in [3.8, 4) is 0 Å². The standard InChI is InChI=1S/C8H10F3N3/c1-2-6-3-7(14-5-13-6)12-4-8(9,10)11/h3,5H,2,4H2,1H3,(H,12,13,14). The molecule has 0 bridgehead atoms. The summed E-state index contributed by atoms with van der Waals surface area (Å²) in [6.07, 6.45) is -2.31. The Morgan fingerprint density at radius 3 is 2.64 bits per heavy atom. The van der Waals surface area contributed by atoms with E-state index < -0.39 is 12.7 Å². The van der Waals surface area contributed by atoms with Crippen molar-refractivity contribution in [3.63, 3.8) is 0 Å². The molecule has 0 saturated carbocycles. The Kier molecular flexibility index (Phi) is 3.27. The Labute approximate surface area is 79.4 Å². The number of halogens is 3. The summed E-state index contributed by atoms with van der Waals surface area (Å²) in [5.41, 5.74) is 0.713. The number of anilines is 1. The van der Waals surface area contributed by atoms with E-state index in [0.717, 1.165) is 0 Å². The largest absolute Gasteiger partial charge is 0.405 e. The molecule has 0 unspecified atom stereocenters. The summed E-state index contributed by atoms with van der Waals surface area (Å²) in [7, 11) is 0. The van der Waals surface area contributed by atoms with Crippen LogP contribution >= 0.6 is 0 Å². The second kappa shape index (κ2) is 4.26. The first-order valence-electron chi connectivity index (χ1n) is 4.13. The van der Waals surface area contributed by atoms with E-state index in [9.17, 15) is 13.2 Å². The second-order valence-corrected chi connectivity index (χ2v) is 2.72. The summed E-state index contributed by atoms with van der Waals surface area (Å²) >= 11 is 0. The van der Waals surface area contributed by atoms with Gasteiger partial charge in [-0.3, -0.25) is 0 Å². The summed E-state index contributed by atoms with van der Waals surface area (Å²) in [5, 5.41) is 2.18. The molecule has 0 saturated heterocycles. The number of hydrogen-bond donors (Lipinski definition) is 1. The first-order chi connectivity index (χ1) is 6.51. The number of rotatable bonds is 3. The van der Waals surface area contributed by atoms with Crippen LogP contribution in [0.3, 0.4) is 0 Å². The number of alkyl halides is 3. The van der Waals surface area contributed by atoms with Crippen molar-refractivity contribution in [1.29, 1.82) is 0 Å². The van der Waals surface area contributed by atoms with Crippen molar-refractivity contribution in [2.45, 2.75) is 19.5 Å². The van der Waals surface area contributed by atoms with Gasteiger partial charge in [0, 0.05) is 11.8 Å². The molecule has 0 radical (unpaired) electrons. The third kappa shape index (κ3) is 3.59. The minimum atomic E-state index is -4.22. The van der Waals surface area contributed by atoms with Crippen molar-refractivity contribution in [3.05, 3.63) is 18.1 Å². The number of aryl methyl sites for hydroxylation is 1. The minimum absolute atomic E-state index is 0.203. The fourth-order valence-corrected chi connectivity index (χ4v) is 0.878. The summed E-state index contributed by atoms with van der Waals surface area (Å²) in [5.74, 6) is 0.203. The quantitative estimate of drug-likeness (QED) is 0.820. The lowest BCUT2D eigenvalue weighted by Gasteiger charge is -2.08. The van der Waals surface area contributed by atoms with Crippen molar-refractivity contribution >= 4 is 5.82 Å². The molecule has 1 aromatic heterocycles. The van der Waals surface area contributed by atoms with Gasteiger partial charge in [-0.1, -0.05) is 6.92 Å². The van der Waals surface area contributed by atoms with E-state index in [2.05, 4.69) is 15.3 Å². The van der Waals surface area contributed by atoms with E-state index in [1.54, 1.807) is 0 Å². The maximum Gasteiger partial charge on any atom is 0.405 e. The molecule has 0 aliphatic carbocycles. The minimum Gasteiger partial charge on any atom is -0.361 e.